The number of nitrogens with zero attached hydrogens (tertiary/aromatic N) is 5. The Kier molecular flexibility index (Phi) is 6.58. The third-order valence-electron chi connectivity index (χ3n) is 5.76. The molecule has 1 N–H and O–H groups in total. The van der Waals surface area contributed by atoms with Gasteiger partial charge in [0, 0.05) is 42.3 Å². The SMILES string of the molecule is Cc1ccccc1-n1c(SCC(=O)Nc2cccc(N3CCCC3=O)c2)nnc1-c1cccnc1. The lowest BCUT2D eigenvalue weighted by atomic mass is 10.2. The summed E-state index contributed by atoms with van der Waals surface area (Å²) in [6.07, 6.45) is 4.88. The summed E-state index contributed by atoms with van der Waals surface area (Å²) in [6.45, 7) is 2.74. The van der Waals surface area contributed by atoms with Gasteiger partial charge in [-0.15, -0.1) is 10.2 Å². The van der Waals surface area contributed by atoms with E-state index in [4.69, 9.17) is 0 Å². The van der Waals surface area contributed by atoms with E-state index in [2.05, 4.69) is 20.5 Å². The van der Waals surface area contributed by atoms with Crippen LogP contribution in [0, 0.1) is 6.92 Å². The van der Waals surface area contributed by atoms with E-state index < -0.39 is 0 Å². The summed E-state index contributed by atoms with van der Waals surface area (Å²) in [5.74, 6) is 0.772. The molecule has 0 unspecified atom stereocenters. The van der Waals surface area contributed by atoms with Gasteiger partial charge in [0.15, 0.2) is 11.0 Å². The van der Waals surface area contributed by atoms with Gasteiger partial charge in [0.2, 0.25) is 11.8 Å². The van der Waals surface area contributed by atoms with E-state index in [1.807, 2.05) is 72.2 Å². The van der Waals surface area contributed by atoms with E-state index >= 15 is 0 Å². The van der Waals surface area contributed by atoms with Crippen LogP contribution in [0.1, 0.15) is 18.4 Å². The molecule has 2 aromatic carbocycles. The first-order valence-corrected chi connectivity index (χ1v) is 12.3. The molecule has 0 atom stereocenters. The number of aryl methyl sites for hydroxylation is 1. The molecule has 176 valence electrons. The molecule has 1 fully saturated rings. The van der Waals surface area contributed by atoms with Crippen molar-refractivity contribution >= 4 is 35.0 Å². The van der Waals surface area contributed by atoms with Gasteiger partial charge in [-0.3, -0.25) is 19.1 Å². The number of anilines is 2. The van der Waals surface area contributed by atoms with Crippen molar-refractivity contribution in [2.24, 2.45) is 0 Å². The second kappa shape index (κ2) is 10.1. The molecule has 0 aliphatic carbocycles. The monoisotopic (exact) mass is 484 g/mol. The van der Waals surface area contributed by atoms with E-state index in [1.165, 1.54) is 11.8 Å². The highest BCUT2D eigenvalue weighted by atomic mass is 32.2. The first-order chi connectivity index (χ1) is 17.1. The van der Waals surface area contributed by atoms with Crippen molar-refractivity contribution in [2.75, 3.05) is 22.5 Å². The number of carbonyl (C=O) groups excluding carboxylic acids is 2. The molecule has 0 spiro atoms. The molecule has 0 saturated carbocycles. The normalized spacial score (nSPS) is 13.3. The number of carbonyl (C=O) groups is 2. The lowest BCUT2D eigenvalue weighted by Crippen LogP contribution is -2.23. The minimum absolute atomic E-state index is 0.115. The Morgan fingerprint density at radius 3 is 2.74 bits per heavy atom. The molecular formula is C26H24N6O2S. The van der Waals surface area contributed by atoms with Crippen molar-refractivity contribution in [3.8, 4) is 17.1 Å². The lowest BCUT2D eigenvalue weighted by molar-refractivity contribution is -0.117. The molecule has 2 amide bonds. The van der Waals surface area contributed by atoms with E-state index in [0.717, 1.165) is 28.9 Å². The lowest BCUT2D eigenvalue weighted by Gasteiger charge is -2.16. The summed E-state index contributed by atoms with van der Waals surface area (Å²) >= 11 is 1.32. The molecule has 5 rings (SSSR count). The largest absolute Gasteiger partial charge is 0.325 e. The fraction of sp³-hybridized carbons (Fsp3) is 0.192. The smallest absolute Gasteiger partial charge is 0.234 e. The van der Waals surface area contributed by atoms with E-state index in [1.54, 1.807) is 17.3 Å². The molecule has 9 heteroatoms. The fourth-order valence-corrected chi connectivity index (χ4v) is 4.82. The van der Waals surface area contributed by atoms with Gasteiger partial charge in [0.25, 0.3) is 0 Å². The highest BCUT2D eigenvalue weighted by Gasteiger charge is 2.22. The number of hydrogen-bond acceptors (Lipinski definition) is 6. The summed E-state index contributed by atoms with van der Waals surface area (Å²) < 4.78 is 1.96. The van der Waals surface area contributed by atoms with Gasteiger partial charge in [-0.25, -0.2) is 0 Å². The molecule has 1 aliphatic rings. The minimum Gasteiger partial charge on any atom is -0.325 e. The van der Waals surface area contributed by atoms with Crippen molar-refractivity contribution in [2.45, 2.75) is 24.9 Å². The van der Waals surface area contributed by atoms with E-state index in [9.17, 15) is 9.59 Å². The molecule has 0 bridgehead atoms. The van der Waals surface area contributed by atoms with Gasteiger partial charge in [-0.1, -0.05) is 36.0 Å². The fourth-order valence-electron chi connectivity index (χ4n) is 4.08. The molecule has 1 saturated heterocycles. The Bertz CT molecular complexity index is 1370. The van der Waals surface area contributed by atoms with Crippen LogP contribution in [0.15, 0.2) is 78.2 Å². The maximum atomic E-state index is 12.8. The van der Waals surface area contributed by atoms with Crippen LogP contribution in [0.4, 0.5) is 11.4 Å². The van der Waals surface area contributed by atoms with Crippen LogP contribution >= 0.6 is 11.8 Å². The Hall–Kier alpha value is -3.98. The zero-order chi connectivity index (χ0) is 24.2. The predicted molar refractivity (Wildman–Crippen MR) is 137 cm³/mol. The van der Waals surface area contributed by atoms with E-state index in [0.29, 0.717) is 29.6 Å². The molecule has 1 aliphatic heterocycles. The number of amides is 2. The number of rotatable bonds is 7. The maximum absolute atomic E-state index is 12.8. The topological polar surface area (TPSA) is 93.0 Å². The Labute approximate surface area is 207 Å². The number of para-hydroxylation sites is 1. The summed E-state index contributed by atoms with van der Waals surface area (Å²) in [5.41, 5.74) is 4.31. The zero-order valence-corrected chi connectivity index (χ0v) is 20.0. The van der Waals surface area contributed by atoms with Gasteiger partial charge in [0.05, 0.1) is 11.4 Å². The van der Waals surface area contributed by atoms with Gasteiger partial charge >= 0.3 is 0 Å². The first kappa shape index (κ1) is 22.8. The summed E-state index contributed by atoms with van der Waals surface area (Å²) in [4.78, 5) is 30.8. The molecule has 2 aromatic heterocycles. The maximum Gasteiger partial charge on any atom is 0.234 e. The highest BCUT2D eigenvalue weighted by molar-refractivity contribution is 7.99. The van der Waals surface area contributed by atoms with Crippen LogP contribution in [0.2, 0.25) is 0 Å². The standard InChI is InChI=1S/C26H24N6O2S/c1-18-7-2-3-11-22(18)32-25(19-8-5-13-27-16-19)29-30-26(32)35-17-23(33)28-20-9-4-10-21(15-20)31-14-6-12-24(31)34/h2-5,7-11,13,15-16H,6,12,14,17H2,1H3,(H,28,33). The number of aromatic nitrogens is 4. The molecule has 3 heterocycles. The average Bonchev–Trinajstić information content (AvgIpc) is 3.50. The van der Waals surface area contributed by atoms with Crippen LogP contribution in [0.5, 0.6) is 0 Å². The van der Waals surface area contributed by atoms with Crippen molar-refractivity contribution in [3.05, 3.63) is 78.6 Å². The Balaban J connectivity index is 1.35. The molecule has 0 radical (unpaired) electrons. The van der Waals surface area contributed by atoms with Crippen LogP contribution in [-0.4, -0.2) is 43.9 Å². The van der Waals surface area contributed by atoms with Crippen molar-refractivity contribution < 1.29 is 9.59 Å². The molecule has 4 aromatic rings. The number of thioether (sulfide) groups is 1. The van der Waals surface area contributed by atoms with Crippen molar-refractivity contribution in [1.29, 1.82) is 0 Å². The van der Waals surface area contributed by atoms with Gasteiger partial charge in [0.1, 0.15) is 0 Å². The number of pyridine rings is 1. The van der Waals surface area contributed by atoms with Crippen LogP contribution < -0.4 is 10.2 Å². The Morgan fingerprint density at radius 2 is 1.97 bits per heavy atom. The Morgan fingerprint density at radius 1 is 1.09 bits per heavy atom. The quantitative estimate of drug-likeness (QED) is 0.389. The first-order valence-electron chi connectivity index (χ1n) is 11.3. The minimum atomic E-state index is -0.165. The molecule has 8 nitrogen and oxygen atoms in total. The second-order valence-corrected chi connectivity index (χ2v) is 9.15. The third-order valence-corrected chi connectivity index (χ3v) is 6.69. The van der Waals surface area contributed by atoms with Gasteiger partial charge in [-0.2, -0.15) is 0 Å². The summed E-state index contributed by atoms with van der Waals surface area (Å²) in [6, 6.07) is 19.2. The summed E-state index contributed by atoms with van der Waals surface area (Å²) in [7, 11) is 0. The van der Waals surface area contributed by atoms with Gasteiger partial charge < -0.3 is 10.2 Å². The second-order valence-electron chi connectivity index (χ2n) is 8.21. The van der Waals surface area contributed by atoms with Crippen molar-refractivity contribution in [1.82, 2.24) is 19.7 Å². The van der Waals surface area contributed by atoms with E-state index in [-0.39, 0.29) is 17.6 Å². The zero-order valence-electron chi connectivity index (χ0n) is 19.2. The van der Waals surface area contributed by atoms with Crippen LogP contribution in [-0.2, 0) is 9.59 Å². The average molecular weight is 485 g/mol. The van der Waals surface area contributed by atoms with Crippen molar-refractivity contribution in [3.63, 3.8) is 0 Å². The summed E-state index contributed by atoms with van der Waals surface area (Å²) in [5, 5.41) is 12.3. The number of benzene rings is 2. The van der Waals surface area contributed by atoms with Crippen LogP contribution in [0.25, 0.3) is 17.1 Å². The van der Waals surface area contributed by atoms with Gasteiger partial charge in [-0.05, 0) is 55.3 Å². The number of hydrogen-bond donors (Lipinski definition) is 1. The highest BCUT2D eigenvalue weighted by Crippen LogP contribution is 2.29. The predicted octanol–water partition coefficient (Wildman–Crippen LogP) is 4.50. The van der Waals surface area contributed by atoms with Crippen LogP contribution in [0.3, 0.4) is 0 Å². The molecule has 35 heavy (non-hydrogen) atoms. The molecular weight excluding hydrogens is 460 g/mol. The third kappa shape index (κ3) is 4.95. The number of nitrogens with one attached hydrogen (secondary N) is 1.